The van der Waals surface area contributed by atoms with E-state index in [-0.39, 0.29) is 5.69 Å². The van der Waals surface area contributed by atoms with Crippen LogP contribution in [0, 0.1) is 0 Å². The molecule has 3 N–H and O–H groups in total. The monoisotopic (exact) mass is 269 g/mol. The maximum Gasteiger partial charge on any atom is 0.323 e. The van der Waals surface area contributed by atoms with Gasteiger partial charge in [-0.15, -0.1) is 0 Å². The smallest absolute Gasteiger partial charge is 0.323 e. The van der Waals surface area contributed by atoms with Crippen LogP contribution in [0.1, 0.15) is 5.69 Å². The van der Waals surface area contributed by atoms with E-state index in [0.717, 1.165) is 10.2 Å². The number of anilines is 1. The van der Waals surface area contributed by atoms with Crippen molar-refractivity contribution < 1.29 is 0 Å². The Morgan fingerprint density at radius 3 is 2.73 bits per heavy atom. The minimum absolute atomic E-state index is 0.219. The van der Waals surface area contributed by atoms with Crippen molar-refractivity contribution in [2.24, 2.45) is 0 Å². The second kappa shape index (κ2) is 4.26. The molecule has 2 rings (SSSR count). The number of nitrogens with one attached hydrogen (secondary N) is 3. The van der Waals surface area contributed by atoms with E-state index in [1.165, 1.54) is 0 Å². The first-order valence-corrected chi connectivity index (χ1v) is 5.01. The van der Waals surface area contributed by atoms with Crippen LogP contribution in [0.4, 0.5) is 5.95 Å². The summed E-state index contributed by atoms with van der Waals surface area (Å²) in [7, 11) is 0. The first kappa shape index (κ1) is 9.91. The van der Waals surface area contributed by atoms with Crippen molar-refractivity contribution in [1.29, 1.82) is 0 Å². The molecule has 0 radical (unpaired) electrons. The van der Waals surface area contributed by atoms with Gasteiger partial charge in [0.1, 0.15) is 0 Å². The van der Waals surface area contributed by atoms with Crippen LogP contribution in [0.15, 0.2) is 27.9 Å². The quantitative estimate of drug-likeness (QED) is 0.772. The third-order valence-electron chi connectivity index (χ3n) is 1.71. The summed E-state index contributed by atoms with van der Waals surface area (Å²) in [6.07, 6.45) is 4.90. The molecule has 0 aliphatic carbocycles. The van der Waals surface area contributed by atoms with Gasteiger partial charge in [-0.2, -0.15) is 0 Å². The molecule has 0 saturated heterocycles. The largest absolute Gasteiger partial charge is 0.349 e. The van der Waals surface area contributed by atoms with Crippen molar-refractivity contribution in [1.82, 2.24) is 19.9 Å². The average Bonchev–Trinajstić information content (AvgIpc) is 2.64. The standard InChI is InChI=1S/C8H8BrN5O/c9-5-1-10-7(11-2-5)12-3-6-4-13-8(15)14-6/h1-2,4H,3H2,(H,10,11,12)(H2,13,14,15). The molecule has 0 bridgehead atoms. The molecule has 0 aliphatic heterocycles. The number of imidazole rings is 1. The number of aromatic nitrogens is 4. The van der Waals surface area contributed by atoms with Crippen LogP contribution in [0.25, 0.3) is 0 Å². The normalized spacial score (nSPS) is 10.2. The summed E-state index contributed by atoms with van der Waals surface area (Å²) in [4.78, 5) is 24.0. The fraction of sp³-hybridized carbons (Fsp3) is 0.125. The fourth-order valence-electron chi connectivity index (χ4n) is 1.04. The van der Waals surface area contributed by atoms with E-state index in [4.69, 9.17) is 0 Å². The predicted octanol–water partition coefficient (Wildman–Crippen LogP) is 0.868. The molecule has 0 aromatic carbocycles. The van der Waals surface area contributed by atoms with Crippen molar-refractivity contribution in [2.75, 3.05) is 5.32 Å². The van der Waals surface area contributed by atoms with Gasteiger partial charge in [-0.3, -0.25) is 0 Å². The molecule has 0 saturated carbocycles. The van der Waals surface area contributed by atoms with Crippen molar-refractivity contribution in [3.05, 3.63) is 39.2 Å². The number of rotatable bonds is 3. The number of H-pyrrole nitrogens is 2. The van der Waals surface area contributed by atoms with Gasteiger partial charge in [0.2, 0.25) is 5.95 Å². The second-order valence-corrected chi connectivity index (χ2v) is 3.76. The van der Waals surface area contributed by atoms with Crippen molar-refractivity contribution >= 4 is 21.9 Å². The van der Waals surface area contributed by atoms with Crippen LogP contribution in [0.5, 0.6) is 0 Å². The Labute approximate surface area is 93.3 Å². The highest BCUT2D eigenvalue weighted by atomic mass is 79.9. The van der Waals surface area contributed by atoms with Crippen LogP contribution in [-0.4, -0.2) is 19.9 Å². The number of halogens is 1. The zero-order valence-electron chi connectivity index (χ0n) is 7.62. The third kappa shape index (κ3) is 2.66. The van der Waals surface area contributed by atoms with Crippen LogP contribution in [0.3, 0.4) is 0 Å². The first-order chi connectivity index (χ1) is 7.24. The lowest BCUT2D eigenvalue weighted by Gasteiger charge is -2.01. The predicted molar refractivity (Wildman–Crippen MR) is 58.5 cm³/mol. The molecule has 0 aliphatic rings. The molecule has 2 heterocycles. The molecule has 15 heavy (non-hydrogen) atoms. The lowest BCUT2D eigenvalue weighted by molar-refractivity contribution is 1.01. The minimum atomic E-state index is -0.219. The molecule has 2 aromatic heterocycles. The molecule has 0 unspecified atom stereocenters. The molecule has 0 atom stereocenters. The summed E-state index contributed by atoms with van der Waals surface area (Å²) in [5.74, 6) is 0.514. The van der Waals surface area contributed by atoms with Crippen LogP contribution >= 0.6 is 15.9 Å². The van der Waals surface area contributed by atoms with Gasteiger partial charge < -0.3 is 15.3 Å². The Hall–Kier alpha value is -1.63. The molecule has 0 amide bonds. The van der Waals surface area contributed by atoms with Gasteiger partial charge in [0.05, 0.1) is 16.7 Å². The van der Waals surface area contributed by atoms with Crippen LogP contribution < -0.4 is 11.0 Å². The number of hydrogen-bond acceptors (Lipinski definition) is 4. The highest BCUT2D eigenvalue weighted by Crippen LogP contribution is 2.07. The topological polar surface area (TPSA) is 86.5 Å². The van der Waals surface area contributed by atoms with E-state index in [2.05, 4.69) is 41.2 Å². The van der Waals surface area contributed by atoms with Crippen molar-refractivity contribution in [3.63, 3.8) is 0 Å². The molecule has 7 heteroatoms. The Balaban J connectivity index is 1.99. The Morgan fingerprint density at radius 1 is 1.40 bits per heavy atom. The number of hydrogen-bond donors (Lipinski definition) is 3. The van der Waals surface area contributed by atoms with Gasteiger partial charge in [0.25, 0.3) is 0 Å². The van der Waals surface area contributed by atoms with Gasteiger partial charge in [-0.1, -0.05) is 0 Å². The molecule has 6 nitrogen and oxygen atoms in total. The molecule has 0 spiro atoms. The van der Waals surface area contributed by atoms with E-state index in [9.17, 15) is 4.79 Å². The molecule has 78 valence electrons. The van der Waals surface area contributed by atoms with Gasteiger partial charge in [0.15, 0.2) is 0 Å². The van der Waals surface area contributed by atoms with Crippen molar-refractivity contribution in [3.8, 4) is 0 Å². The van der Waals surface area contributed by atoms with E-state index in [0.29, 0.717) is 12.5 Å². The van der Waals surface area contributed by atoms with E-state index >= 15 is 0 Å². The molecular weight excluding hydrogens is 262 g/mol. The van der Waals surface area contributed by atoms with Gasteiger partial charge in [-0.05, 0) is 15.9 Å². The number of nitrogens with zero attached hydrogens (tertiary/aromatic N) is 2. The minimum Gasteiger partial charge on any atom is -0.349 e. The molecular formula is C8H8BrN5O. The first-order valence-electron chi connectivity index (χ1n) is 4.22. The lowest BCUT2D eigenvalue weighted by atomic mass is 10.5. The summed E-state index contributed by atoms with van der Waals surface area (Å²) in [5, 5.41) is 2.97. The Bertz CT molecular complexity index is 488. The van der Waals surface area contributed by atoms with Gasteiger partial charge in [-0.25, -0.2) is 14.8 Å². The zero-order chi connectivity index (χ0) is 10.7. The SMILES string of the molecule is O=c1[nH]cc(CNc2ncc(Br)cn2)[nH]1. The summed E-state index contributed by atoms with van der Waals surface area (Å²) in [6.45, 7) is 0.473. The van der Waals surface area contributed by atoms with Crippen LogP contribution in [0.2, 0.25) is 0 Å². The average molecular weight is 270 g/mol. The fourth-order valence-corrected chi connectivity index (χ4v) is 1.25. The van der Waals surface area contributed by atoms with E-state index < -0.39 is 0 Å². The summed E-state index contributed by atoms with van der Waals surface area (Å²) in [5.41, 5.74) is 0.537. The second-order valence-electron chi connectivity index (χ2n) is 2.85. The summed E-state index contributed by atoms with van der Waals surface area (Å²) < 4.78 is 0.822. The Morgan fingerprint density at radius 2 is 2.13 bits per heavy atom. The van der Waals surface area contributed by atoms with E-state index in [1.54, 1.807) is 18.6 Å². The highest BCUT2D eigenvalue weighted by molar-refractivity contribution is 9.10. The molecule has 2 aromatic rings. The summed E-state index contributed by atoms with van der Waals surface area (Å²) >= 11 is 3.24. The zero-order valence-corrected chi connectivity index (χ0v) is 9.21. The highest BCUT2D eigenvalue weighted by Gasteiger charge is 1.98. The number of aromatic amines is 2. The summed E-state index contributed by atoms with van der Waals surface area (Å²) in [6, 6.07) is 0. The van der Waals surface area contributed by atoms with Crippen molar-refractivity contribution in [2.45, 2.75) is 6.54 Å². The lowest BCUT2D eigenvalue weighted by Crippen LogP contribution is -2.06. The maximum absolute atomic E-state index is 10.8. The maximum atomic E-state index is 10.8. The van der Waals surface area contributed by atoms with Gasteiger partial charge >= 0.3 is 5.69 Å². The Kier molecular flexibility index (Phi) is 2.82. The van der Waals surface area contributed by atoms with Crippen LogP contribution in [-0.2, 0) is 6.54 Å². The third-order valence-corrected chi connectivity index (χ3v) is 2.12. The van der Waals surface area contributed by atoms with E-state index in [1.807, 2.05) is 0 Å². The molecule has 0 fully saturated rings. The van der Waals surface area contributed by atoms with Gasteiger partial charge in [0, 0.05) is 18.6 Å².